The van der Waals surface area contributed by atoms with Crippen LogP contribution in [-0.4, -0.2) is 24.7 Å². The number of hydrogen-bond donors (Lipinski definition) is 1. The van der Waals surface area contributed by atoms with Gasteiger partial charge in [0.2, 0.25) is 0 Å². The van der Waals surface area contributed by atoms with Crippen molar-refractivity contribution >= 4 is 0 Å². The Hall–Kier alpha value is -1.62. The monoisotopic (exact) mass is 220 g/mol. The molecule has 0 aliphatic rings. The Labute approximate surface area is 94.3 Å². The molecule has 0 aliphatic carbocycles. The van der Waals surface area contributed by atoms with E-state index in [0.29, 0.717) is 6.67 Å². The first-order chi connectivity index (χ1) is 7.81. The summed E-state index contributed by atoms with van der Waals surface area (Å²) in [7, 11) is 0. The van der Waals surface area contributed by atoms with Gasteiger partial charge in [-0.05, 0) is 18.6 Å². The molecule has 2 aromatic heterocycles. The van der Waals surface area contributed by atoms with E-state index in [0.717, 1.165) is 18.5 Å². The topological polar surface area (TPSA) is 55.9 Å². The molecule has 0 fully saturated rings. The summed E-state index contributed by atoms with van der Waals surface area (Å²) in [6.45, 7) is 2.59. The van der Waals surface area contributed by atoms with E-state index in [-0.39, 0.29) is 0 Å². The van der Waals surface area contributed by atoms with Crippen molar-refractivity contribution < 1.29 is 5.11 Å². The first kappa shape index (κ1) is 10.9. The predicted octanol–water partition coefficient (Wildman–Crippen LogP) is 1.42. The number of aliphatic hydroxyl groups is 1. The largest absolute Gasteiger partial charge is 0.387 e. The summed E-state index contributed by atoms with van der Waals surface area (Å²) in [5.41, 5.74) is 0.845. The van der Waals surface area contributed by atoms with Crippen LogP contribution in [0.5, 0.6) is 0 Å². The Morgan fingerprint density at radius 3 is 2.94 bits per heavy atom. The number of aliphatic hydroxyl groups excluding tert-OH is 1. The Morgan fingerprint density at radius 1 is 1.38 bits per heavy atom. The molecule has 0 amide bonds. The van der Waals surface area contributed by atoms with Gasteiger partial charge in [0, 0.05) is 18.6 Å². The Bertz CT molecular complexity index is 421. The first-order valence-electron chi connectivity index (χ1n) is 5.48. The molecule has 0 aliphatic heterocycles. The lowest BCUT2D eigenvalue weighted by molar-refractivity contribution is 0.154. The highest BCUT2D eigenvalue weighted by molar-refractivity contribution is 5.04. The van der Waals surface area contributed by atoms with Gasteiger partial charge in [0.1, 0.15) is 6.67 Å². The average molecular weight is 220 g/mol. The van der Waals surface area contributed by atoms with Crippen molar-refractivity contribution in [3.05, 3.63) is 36.4 Å². The highest BCUT2D eigenvalue weighted by Gasteiger charge is 2.12. The second-order valence-electron chi connectivity index (χ2n) is 3.75. The Kier molecular flexibility index (Phi) is 3.36. The van der Waals surface area contributed by atoms with Crippen molar-refractivity contribution in [2.24, 2.45) is 0 Å². The maximum Gasteiger partial charge on any atom is 0.133 e. The lowest BCUT2D eigenvalue weighted by atomic mass is 10.1. The third-order valence-electron chi connectivity index (χ3n) is 2.49. The van der Waals surface area contributed by atoms with Gasteiger partial charge in [-0.25, -0.2) is 4.68 Å². The molecule has 5 nitrogen and oxygen atoms in total. The molecule has 2 rings (SSSR count). The second kappa shape index (κ2) is 4.94. The van der Waals surface area contributed by atoms with E-state index < -0.39 is 6.10 Å². The van der Waals surface area contributed by atoms with Crippen molar-refractivity contribution in [3.63, 3.8) is 0 Å². The van der Waals surface area contributed by atoms with E-state index in [1.165, 1.54) is 0 Å². The van der Waals surface area contributed by atoms with Crippen LogP contribution in [0.25, 0.3) is 0 Å². The minimum Gasteiger partial charge on any atom is -0.387 e. The molecule has 0 bridgehead atoms. The quantitative estimate of drug-likeness (QED) is 0.829. The summed E-state index contributed by atoms with van der Waals surface area (Å²) in [6.07, 6.45) is 6.57. The van der Waals surface area contributed by atoms with Crippen LogP contribution < -0.4 is 0 Å². The maximum absolute atomic E-state index is 9.93. The third kappa shape index (κ3) is 2.30. The predicted molar refractivity (Wildman–Crippen MR) is 59.7 cm³/mol. The summed E-state index contributed by atoms with van der Waals surface area (Å²) >= 11 is 0. The van der Waals surface area contributed by atoms with E-state index in [2.05, 4.69) is 17.1 Å². The van der Waals surface area contributed by atoms with Gasteiger partial charge in [0.25, 0.3) is 0 Å². The zero-order chi connectivity index (χ0) is 11.4. The molecule has 1 N–H and O–H groups in total. The van der Waals surface area contributed by atoms with Crippen molar-refractivity contribution in [1.29, 1.82) is 0 Å². The number of nitrogens with zero attached hydrogens (tertiary/aromatic N) is 4. The Morgan fingerprint density at radius 2 is 2.25 bits per heavy atom. The minimum atomic E-state index is -0.442. The van der Waals surface area contributed by atoms with Crippen LogP contribution in [0.15, 0.2) is 30.7 Å². The molecule has 16 heavy (non-hydrogen) atoms. The highest BCUT2D eigenvalue weighted by atomic mass is 16.3. The van der Waals surface area contributed by atoms with Gasteiger partial charge >= 0.3 is 0 Å². The van der Waals surface area contributed by atoms with E-state index in [4.69, 9.17) is 0 Å². The van der Waals surface area contributed by atoms with Gasteiger partial charge in [0.05, 0.1) is 11.8 Å². The summed E-state index contributed by atoms with van der Waals surface area (Å²) in [5.74, 6) is 0. The smallest absolute Gasteiger partial charge is 0.133 e. The van der Waals surface area contributed by atoms with Crippen LogP contribution in [0.4, 0.5) is 0 Å². The molecule has 5 heteroatoms. The normalized spacial score (nSPS) is 12.9. The molecule has 2 heterocycles. The fourth-order valence-electron chi connectivity index (χ4n) is 1.69. The van der Waals surface area contributed by atoms with Crippen molar-refractivity contribution in [3.8, 4) is 0 Å². The zero-order valence-corrected chi connectivity index (χ0v) is 9.32. The van der Waals surface area contributed by atoms with Gasteiger partial charge in [-0.15, -0.1) is 0 Å². The fraction of sp³-hybridized carbons (Fsp3) is 0.455. The molecular formula is C11H16N4O. The van der Waals surface area contributed by atoms with Crippen LogP contribution in [0.2, 0.25) is 0 Å². The molecule has 0 aromatic carbocycles. The molecule has 0 spiro atoms. The van der Waals surface area contributed by atoms with Gasteiger partial charge in [-0.3, -0.25) is 4.68 Å². The van der Waals surface area contributed by atoms with Crippen LogP contribution in [0.1, 0.15) is 31.6 Å². The van der Waals surface area contributed by atoms with E-state index in [9.17, 15) is 5.11 Å². The second-order valence-corrected chi connectivity index (χ2v) is 3.75. The molecule has 0 radical (unpaired) electrons. The van der Waals surface area contributed by atoms with Crippen LogP contribution in [0.3, 0.4) is 0 Å². The van der Waals surface area contributed by atoms with Gasteiger partial charge in [-0.1, -0.05) is 13.3 Å². The molecular weight excluding hydrogens is 204 g/mol. The van der Waals surface area contributed by atoms with Crippen LogP contribution in [-0.2, 0) is 6.67 Å². The van der Waals surface area contributed by atoms with E-state index in [1.54, 1.807) is 21.8 Å². The maximum atomic E-state index is 9.93. The van der Waals surface area contributed by atoms with Crippen molar-refractivity contribution in [1.82, 2.24) is 19.6 Å². The van der Waals surface area contributed by atoms with Crippen molar-refractivity contribution in [2.75, 3.05) is 0 Å². The lowest BCUT2D eigenvalue weighted by Gasteiger charge is -2.12. The summed E-state index contributed by atoms with van der Waals surface area (Å²) < 4.78 is 3.54. The molecule has 0 saturated heterocycles. The SMILES string of the molecule is CCCC(O)c1ccnn1Cn1cccn1. The third-order valence-corrected chi connectivity index (χ3v) is 2.49. The van der Waals surface area contributed by atoms with Gasteiger partial charge in [0.15, 0.2) is 0 Å². The number of rotatable bonds is 5. The summed E-state index contributed by atoms with van der Waals surface area (Å²) in [6, 6.07) is 3.72. The fourth-order valence-corrected chi connectivity index (χ4v) is 1.69. The van der Waals surface area contributed by atoms with E-state index in [1.807, 2.05) is 18.3 Å². The average Bonchev–Trinajstić information content (AvgIpc) is 2.90. The van der Waals surface area contributed by atoms with Gasteiger partial charge in [-0.2, -0.15) is 10.2 Å². The lowest BCUT2D eigenvalue weighted by Crippen LogP contribution is -2.15. The zero-order valence-electron chi connectivity index (χ0n) is 9.32. The Balaban J connectivity index is 2.13. The molecule has 1 atom stereocenters. The first-order valence-corrected chi connectivity index (χ1v) is 5.48. The van der Waals surface area contributed by atoms with Gasteiger partial charge < -0.3 is 5.11 Å². The highest BCUT2D eigenvalue weighted by Crippen LogP contribution is 2.17. The molecule has 86 valence electrons. The number of aromatic nitrogens is 4. The van der Waals surface area contributed by atoms with Crippen LogP contribution in [0, 0.1) is 0 Å². The molecule has 0 saturated carbocycles. The molecule has 2 aromatic rings. The summed E-state index contributed by atoms with van der Waals surface area (Å²) in [5, 5.41) is 18.2. The van der Waals surface area contributed by atoms with E-state index >= 15 is 0 Å². The van der Waals surface area contributed by atoms with Crippen LogP contribution >= 0.6 is 0 Å². The number of hydrogen-bond acceptors (Lipinski definition) is 3. The van der Waals surface area contributed by atoms with Crippen molar-refractivity contribution in [2.45, 2.75) is 32.5 Å². The molecule has 1 unspecified atom stereocenters. The summed E-state index contributed by atoms with van der Waals surface area (Å²) in [4.78, 5) is 0. The minimum absolute atomic E-state index is 0.442. The standard InChI is InChI=1S/C11H16N4O/c1-2-4-11(16)10-5-7-13-15(10)9-14-8-3-6-12-14/h3,5-8,11,16H,2,4,9H2,1H3.